The maximum atomic E-state index is 13.3. The van der Waals surface area contributed by atoms with Gasteiger partial charge in [0.05, 0.1) is 30.9 Å². The van der Waals surface area contributed by atoms with Crippen LogP contribution in [0.1, 0.15) is 24.5 Å². The van der Waals surface area contributed by atoms with E-state index < -0.39 is 29.0 Å². The zero-order valence-electron chi connectivity index (χ0n) is 14.0. The number of morpholine rings is 1. The number of carbonyl (C=O) groups excluding carboxylic acids is 2. The summed E-state index contributed by atoms with van der Waals surface area (Å²) in [6.07, 6.45) is -4.93. The van der Waals surface area contributed by atoms with Gasteiger partial charge >= 0.3 is 6.18 Å². The first-order valence-corrected chi connectivity index (χ1v) is 8.05. The van der Waals surface area contributed by atoms with Crippen LogP contribution in [0.3, 0.4) is 0 Å². The Morgan fingerprint density at radius 2 is 1.85 bits per heavy atom. The van der Waals surface area contributed by atoms with E-state index >= 15 is 0 Å². The Morgan fingerprint density at radius 3 is 2.46 bits per heavy atom. The van der Waals surface area contributed by atoms with E-state index in [9.17, 15) is 22.8 Å². The Labute approximate surface area is 147 Å². The number of oxime groups is 1. The molecule has 1 saturated heterocycles. The largest absolute Gasteiger partial charge is 0.417 e. The Balaban J connectivity index is 1.91. The number of carbonyl (C=O) groups is 2. The fraction of sp³-hybridized carbons (Fsp3) is 0.471. The molecule has 1 amide bonds. The number of hydrogen-bond acceptors (Lipinski definition) is 5. The first-order valence-electron chi connectivity index (χ1n) is 8.05. The van der Waals surface area contributed by atoms with E-state index in [1.807, 2.05) is 0 Å². The molecule has 3 rings (SSSR count). The summed E-state index contributed by atoms with van der Waals surface area (Å²) in [6.45, 7) is 2.39. The van der Waals surface area contributed by atoms with Gasteiger partial charge in [0.1, 0.15) is 0 Å². The molecule has 1 fully saturated rings. The highest BCUT2D eigenvalue weighted by Crippen LogP contribution is 2.36. The van der Waals surface area contributed by atoms with E-state index in [1.54, 1.807) is 0 Å². The second-order valence-electron chi connectivity index (χ2n) is 6.14. The quantitative estimate of drug-likeness (QED) is 0.764. The van der Waals surface area contributed by atoms with Crippen LogP contribution in [0.4, 0.5) is 13.2 Å². The van der Waals surface area contributed by atoms with Crippen molar-refractivity contribution in [3.8, 4) is 0 Å². The standard InChI is InChI=1S/C17H17F3N2O4/c1-11(23)16(15(24)22-6-8-25-9-7-22)10-14(21-26-16)12-4-2-3-5-13(12)17(18,19)20/h2-5H,6-10H2,1H3. The van der Waals surface area contributed by atoms with Gasteiger partial charge in [0.25, 0.3) is 11.5 Å². The van der Waals surface area contributed by atoms with Crippen LogP contribution in [-0.4, -0.2) is 54.2 Å². The summed E-state index contributed by atoms with van der Waals surface area (Å²) >= 11 is 0. The molecule has 9 heteroatoms. The summed E-state index contributed by atoms with van der Waals surface area (Å²) in [5, 5.41) is 3.69. The molecule has 0 aliphatic carbocycles. The molecule has 0 aromatic heterocycles. The van der Waals surface area contributed by atoms with E-state index in [1.165, 1.54) is 30.0 Å². The zero-order chi connectivity index (χ0) is 18.9. The van der Waals surface area contributed by atoms with Gasteiger partial charge in [-0.25, -0.2) is 0 Å². The lowest BCUT2D eigenvalue weighted by molar-refractivity contribution is -0.165. The van der Waals surface area contributed by atoms with Crippen LogP contribution in [-0.2, 0) is 25.3 Å². The summed E-state index contributed by atoms with van der Waals surface area (Å²) in [5.74, 6) is -1.20. The number of nitrogens with zero attached hydrogens (tertiary/aromatic N) is 2. The fourth-order valence-corrected chi connectivity index (χ4v) is 3.04. The second-order valence-corrected chi connectivity index (χ2v) is 6.14. The first-order chi connectivity index (χ1) is 12.3. The summed E-state index contributed by atoms with van der Waals surface area (Å²) in [4.78, 5) is 31.7. The molecule has 0 N–H and O–H groups in total. The molecule has 1 atom stereocenters. The van der Waals surface area contributed by atoms with Crippen molar-refractivity contribution in [3.05, 3.63) is 35.4 Å². The third-order valence-electron chi connectivity index (χ3n) is 4.48. The van der Waals surface area contributed by atoms with Crippen molar-refractivity contribution in [2.75, 3.05) is 26.3 Å². The van der Waals surface area contributed by atoms with Crippen LogP contribution in [0.2, 0.25) is 0 Å². The van der Waals surface area contributed by atoms with Crippen molar-refractivity contribution >= 4 is 17.4 Å². The van der Waals surface area contributed by atoms with Gasteiger partial charge in [-0.2, -0.15) is 13.2 Å². The van der Waals surface area contributed by atoms with Gasteiger partial charge in [0.15, 0.2) is 5.78 Å². The van der Waals surface area contributed by atoms with E-state index in [4.69, 9.17) is 9.57 Å². The van der Waals surface area contributed by atoms with Crippen molar-refractivity contribution in [3.63, 3.8) is 0 Å². The van der Waals surface area contributed by atoms with Crippen molar-refractivity contribution < 1.29 is 32.3 Å². The number of halogens is 3. The lowest BCUT2D eigenvalue weighted by Crippen LogP contribution is -2.56. The van der Waals surface area contributed by atoms with Crippen molar-refractivity contribution in [2.45, 2.75) is 25.1 Å². The van der Waals surface area contributed by atoms with Gasteiger partial charge in [-0.15, -0.1) is 0 Å². The molecule has 2 aliphatic rings. The number of alkyl halides is 3. The third kappa shape index (κ3) is 3.18. The van der Waals surface area contributed by atoms with E-state index in [0.29, 0.717) is 13.2 Å². The van der Waals surface area contributed by atoms with Crippen LogP contribution in [0.15, 0.2) is 29.4 Å². The minimum Gasteiger partial charge on any atom is -0.378 e. The van der Waals surface area contributed by atoms with Gasteiger partial charge in [-0.05, 0) is 13.0 Å². The number of hydrogen-bond donors (Lipinski definition) is 0. The zero-order valence-corrected chi connectivity index (χ0v) is 14.0. The third-order valence-corrected chi connectivity index (χ3v) is 4.48. The van der Waals surface area contributed by atoms with Gasteiger partial charge in [0.2, 0.25) is 0 Å². The molecule has 6 nitrogen and oxygen atoms in total. The predicted octanol–water partition coefficient (Wildman–Crippen LogP) is 2.02. The van der Waals surface area contributed by atoms with Gasteiger partial charge < -0.3 is 14.5 Å². The molecular weight excluding hydrogens is 353 g/mol. The molecule has 0 saturated carbocycles. The molecule has 140 valence electrons. The summed E-state index contributed by atoms with van der Waals surface area (Å²) in [7, 11) is 0. The molecule has 1 unspecified atom stereocenters. The lowest BCUT2D eigenvalue weighted by Gasteiger charge is -2.33. The van der Waals surface area contributed by atoms with E-state index in [2.05, 4.69) is 5.16 Å². The molecule has 26 heavy (non-hydrogen) atoms. The Bertz CT molecular complexity index is 757. The summed E-state index contributed by atoms with van der Waals surface area (Å²) in [6, 6.07) is 4.88. The topological polar surface area (TPSA) is 68.2 Å². The first kappa shape index (κ1) is 18.4. The summed E-state index contributed by atoms with van der Waals surface area (Å²) < 4.78 is 44.9. The van der Waals surface area contributed by atoms with Gasteiger partial charge in [0, 0.05) is 18.7 Å². The highest BCUT2D eigenvalue weighted by Gasteiger charge is 2.54. The average Bonchev–Trinajstić information content (AvgIpc) is 3.08. The van der Waals surface area contributed by atoms with Gasteiger partial charge in [-0.1, -0.05) is 23.4 Å². The second kappa shape index (κ2) is 6.71. The molecule has 2 heterocycles. The molecule has 1 aromatic rings. The number of rotatable bonds is 3. The Kier molecular flexibility index (Phi) is 4.74. The van der Waals surface area contributed by atoms with Crippen LogP contribution in [0, 0.1) is 0 Å². The summed E-state index contributed by atoms with van der Waals surface area (Å²) in [5.41, 5.74) is -3.08. The molecule has 0 radical (unpaired) electrons. The minimum absolute atomic E-state index is 0.0743. The van der Waals surface area contributed by atoms with Crippen molar-refractivity contribution in [1.29, 1.82) is 0 Å². The van der Waals surface area contributed by atoms with Crippen LogP contribution < -0.4 is 0 Å². The number of amides is 1. The lowest BCUT2D eigenvalue weighted by atomic mass is 9.88. The number of ether oxygens (including phenoxy) is 1. The maximum absolute atomic E-state index is 13.3. The molecule has 0 spiro atoms. The van der Waals surface area contributed by atoms with E-state index in [-0.39, 0.29) is 30.8 Å². The van der Waals surface area contributed by atoms with Crippen molar-refractivity contribution in [1.82, 2.24) is 4.90 Å². The minimum atomic E-state index is -4.59. The molecule has 2 aliphatic heterocycles. The SMILES string of the molecule is CC(=O)C1(C(=O)N2CCOCC2)CC(c2ccccc2C(F)(F)F)=NO1. The maximum Gasteiger partial charge on any atom is 0.417 e. The molecule has 1 aromatic carbocycles. The number of benzene rings is 1. The predicted molar refractivity (Wildman–Crippen MR) is 84.5 cm³/mol. The fourth-order valence-electron chi connectivity index (χ4n) is 3.04. The van der Waals surface area contributed by atoms with E-state index in [0.717, 1.165) is 6.07 Å². The number of Topliss-reactive ketones (excluding diaryl/α,β-unsaturated/α-hetero) is 1. The Morgan fingerprint density at radius 1 is 1.19 bits per heavy atom. The van der Waals surface area contributed by atoms with Crippen LogP contribution in [0.25, 0.3) is 0 Å². The highest BCUT2D eigenvalue weighted by molar-refractivity contribution is 6.16. The Hall–Kier alpha value is -2.42. The van der Waals surface area contributed by atoms with Crippen molar-refractivity contribution in [2.24, 2.45) is 5.16 Å². The average molecular weight is 370 g/mol. The highest BCUT2D eigenvalue weighted by atomic mass is 19.4. The van der Waals surface area contributed by atoms with Crippen LogP contribution >= 0.6 is 0 Å². The molecule has 0 bridgehead atoms. The normalized spacial score (nSPS) is 23.4. The monoisotopic (exact) mass is 370 g/mol. The molecular formula is C17H17F3N2O4. The number of ketones is 1. The smallest absolute Gasteiger partial charge is 0.378 e. The van der Waals surface area contributed by atoms with Gasteiger partial charge in [-0.3, -0.25) is 9.59 Å². The van der Waals surface area contributed by atoms with Crippen LogP contribution in [0.5, 0.6) is 0 Å².